The van der Waals surface area contributed by atoms with Crippen LogP contribution in [-0.4, -0.2) is 26.8 Å². The van der Waals surface area contributed by atoms with E-state index in [1.165, 1.54) is 18.2 Å². The number of non-ortho nitro benzene ring substituents is 1. The first-order chi connectivity index (χ1) is 15.1. The number of nitrogens with one attached hydrogen (secondary N) is 1. The molecule has 156 valence electrons. The predicted octanol–water partition coefficient (Wildman–Crippen LogP) is 3.84. The van der Waals surface area contributed by atoms with Crippen LogP contribution in [0.4, 0.5) is 11.4 Å². The van der Waals surface area contributed by atoms with E-state index in [1.807, 2.05) is 35.0 Å². The minimum Gasteiger partial charge on any atom is -0.487 e. The highest BCUT2D eigenvalue weighted by atomic mass is 16.6. The van der Waals surface area contributed by atoms with Gasteiger partial charge in [-0.15, -0.1) is 0 Å². The Labute approximate surface area is 177 Å². The molecular weight excluding hydrogens is 400 g/mol. The SMILES string of the molecule is O=C(COc1cccc([N+](=O)[O-])c1)Nc1cccc(OCc2cn3ccccc3n2)c1. The molecule has 1 N–H and O–H groups in total. The van der Waals surface area contributed by atoms with Gasteiger partial charge in [0.15, 0.2) is 6.61 Å². The third kappa shape index (κ3) is 5.15. The number of anilines is 1. The van der Waals surface area contributed by atoms with Gasteiger partial charge >= 0.3 is 0 Å². The minimum absolute atomic E-state index is 0.103. The van der Waals surface area contributed by atoms with Crippen LogP contribution in [0, 0.1) is 10.1 Å². The summed E-state index contributed by atoms with van der Waals surface area (Å²) in [5.74, 6) is 0.423. The topological polar surface area (TPSA) is 108 Å². The second kappa shape index (κ2) is 8.95. The van der Waals surface area contributed by atoms with Crippen molar-refractivity contribution in [3.8, 4) is 11.5 Å². The summed E-state index contributed by atoms with van der Waals surface area (Å²) in [6.45, 7) is 0.00246. The second-order valence-electron chi connectivity index (χ2n) is 6.61. The number of rotatable bonds is 8. The standard InChI is InChI=1S/C22H18N4O5/c27-22(15-31-20-8-4-6-18(12-20)26(28)29)24-16-5-3-7-19(11-16)30-14-17-13-25-10-2-1-9-21(25)23-17/h1-13H,14-15H2,(H,24,27). The van der Waals surface area contributed by atoms with Gasteiger partial charge < -0.3 is 19.2 Å². The summed E-state index contributed by atoms with van der Waals surface area (Å²) < 4.78 is 13.0. The molecule has 0 fully saturated rings. The molecule has 4 aromatic rings. The molecule has 2 aromatic carbocycles. The van der Waals surface area contributed by atoms with Crippen LogP contribution in [0.2, 0.25) is 0 Å². The third-order valence-electron chi connectivity index (χ3n) is 4.32. The number of nitrogens with zero attached hydrogens (tertiary/aromatic N) is 3. The number of aromatic nitrogens is 2. The Hall–Kier alpha value is -4.40. The van der Waals surface area contributed by atoms with Gasteiger partial charge in [-0.3, -0.25) is 14.9 Å². The number of carbonyl (C=O) groups excluding carboxylic acids is 1. The highest BCUT2D eigenvalue weighted by Crippen LogP contribution is 2.20. The summed E-state index contributed by atoms with van der Waals surface area (Å²) in [4.78, 5) is 26.9. The van der Waals surface area contributed by atoms with Crippen LogP contribution in [0.3, 0.4) is 0 Å². The lowest BCUT2D eigenvalue weighted by Gasteiger charge is -2.09. The molecule has 9 nitrogen and oxygen atoms in total. The molecule has 4 rings (SSSR count). The number of imidazole rings is 1. The van der Waals surface area contributed by atoms with Crippen LogP contribution in [0.5, 0.6) is 11.5 Å². The number of pyridine rings is 1. The van der Waals surface area contributed by atoms with Crippen LogP contribution in [-0.2, 0) is 11.4 Å². The first-order valence-electron chi connectivity index (χ1n) is 9.39. The summed E-state index contributed by atoms with van der Waals surface area (Å²) in [7, 11) is 0. The maximum absolute atomic E-state index is 12.2. The molecule has 0 saturated carbocycles. The molecule has 0 aliphatic rings. The van der Waals surface area contributed by atoms with Crippen LogP contribution in [0.25, 0.3) is 5.65 Å². The van der Waals surface area contributed by atoms with E-state index in [0.717, 1.165) is 11.3 Å². The molecule has 0 radical (unpaired) electrons. The summed E-state index contributed by atoms with van der Waals surface area (Å²) >= 11 is 0. The Bertz CT molecular complexity index is 1200. The monoisotopic (exact) mass is 418 g/mol. The van der Waals surface area contributed by atoms with Crippen molar-refractivity contribution < 1.29 is 19.2 Å². The van der Waals surface area contributed by atoms with Gasteiger partial charge in [-0.25, -0.2) is 4.98 Å². The molecule has 31 heavy (non-hydrogen) atoms. The van der Waals surface area contributed by atoms with E-state index in [-0.39, 0.29) is 24.7 Å². The number of hydrogen-bond donors (Lipinski definition) is 1. The van der Waals surface area contributed by atoms with Gasteiger partial charge in [0.25, 0.3) is 11.6 Å². The van der Waals surface area contributed by atoms with E-state index >= 15 is 0 Å². The number of ether oxygens (including phenoxy) is 2. The average molecular weight is 418 g/mol. The van der Waals surface area contributed by atoms with Crippen molar-refractivity contribution in [1.29, 1.82) is 0 Å². The Kier molecular flexibility index (Phi) is 5.75. The van der Waals surface area contributed by atoms with Crippen molar-refractivity contribution in [2.75, 3.05) is 11.9 Å². The molecule has 2 aromatic heterocycles. The van der Waals surface area contributed by atoms with E-state index in [1.54, 1.807) is 30.3 Å². The number of amides is 1. The Morgan fingerprint density at radius 2 is 1.84 bits per heavy atom. The lowest BCUT2D eigenvalue weighted by molar-refractivity contribution is -0.384. The largest absolute Gasteiger partial charge is 0.487 e. The van der Waals surface area contributed by atoms with Crippen LogP contribution in [0.15, 0.2) is 79.1 Å². The first kappa shape index (κ1) is 19.9. The van der Waals surface area contributed by atoms with Crippen LogP contribution >= 0.6 is 0 Å². The maximum atomic E-state index is 12.2. The molecule has 0 spiro atoms. The lowest BCUT2D eigenvalue weighted by Crippen LogP contribution is -2.20. The molecule has 0 atom stereocenters. The van der Waals surface area contributed by atoms with Crippen molar-refractivity contribution in [3.05, 3.63) is 94.9 Å². The first-order valence-corrected chi connectivity index (χ1v) is 9.39. The van der Waals surface area contributed by atoms with E-state index in [4.69, 9.17) is 9.47 Å². The van der Waals surface area contributed by atoms with Gasteiger partial charge in [-0.2, -0.15) is 0 Å². The number of hydrogen-bond acceptors (Lipinski definition) is 6. The zero-order valence-electron chi connectivity index (χ0n) is 16.3. The van der Waals surface area contributed by atoms with Gasteiger partial charge in [0.05, 0.1) is 16.7 Å². The normalized spacial score (nSPS) is 10.6. The van der Waals surface area contributed by atoms with Crippen molar-refractivity contribution in [1.82, 2.24) is 9.38 Å². The Morgan fingerprint density at radius 3 is 2.65 bits per heavy atom. The Balaban J connectivity index is 1.32. The number of carbonyl (C=O) groups is 1. The van der Waals surface area contributed by atoms with E-state index in [2.05, 4.69) is 10.3 Å². The van der Waals surface area contributed by atoms with E-state index in [9.17, 15) is 14.9 Å². The highest BCUT2D eigenvalue weighted by molar-refractivity contribution is 5.92. The van der Waals surface area contributed by atoms with Crippen molar-refractivity contribution >= 4 is 22.9 Å². The fourth-order valence-electron chi connectivity index (χ4n) is 2.91. The maximum Gasteiger partial charge on any atom is 0.273 e. The zero-order valence-corrected chi connectivity index (χ0v) is 16.3. The smallest absolute Gasteiger partial charge is 0.273 e. The van der Waals surface area contributed by atoms with Crippen molar-refractivity contribution in [2.45, 2.75) is 6.61 Å². The van der Waals surface area contributed by atoms with Gasteiger partial charge in [0, 0.05) is 30.2 Å². The van der Waals surface area contributed by atoms with Gasteiger partial charge in [0.2, 0.25) is 0 Å². The summed E-state index contributed by atoms with van der Waals surface area (Å²) in [5, 5.41) is 13.5. The fourth-order valence-corrected chi connectivity index (χ4v) is 2.91. The molecule has 1 amide bonds. The molecule has 9 heteroatoms. The number of nitro groups is 1. The van der Waals surface area contributed by atoms with E-state index < -0.39 is 10.8 Å². The van der Waals surface area contributed by atoms with Crippen molar-refractivity contribution in [3.63, 3.8) is 0 Å². The summed E-state index contributed by atoms with van der Waals surface area (Å²) in [5.41, 5.74) is 2.06. The minimum atomic E-state index is -0.523. The molecule has 0 aliphatic carbocycles. The number of benzene rings is 2. The van der Waals surface area contributed by atoms with Crippen molar-refractivity contribution in [2.24, 2.45) is 0 Å². The zero-order chi connectivity index (χ0) is 21.6. The molecular formula is C22H18N4O5. The van der Waals surface area contributed by atoms with Gasteiger partial charge in [0.1, 0.15) is 23.8 Å². The van der Waals surface area contributed by atoms with Crippen LogP contribution in [0.1, 0.15) is 5.69 Å². The molecule has 0 bridgehead atoms. The number of nitro benzene ring substituents is 1. The molecule has 0 unspecified atom stereocenters. The summed E-state index contributed by atoms with van der Waals surface area (Å²) in [6.07, 6.45) is 3.81. The summed E-state index contributed by atoms with van der Waals surface area (Å²) in [6, 6.07) is 18.4. The predicted molar refractivity (Wildman–Crippen MR) is 113 cm³/mol. The van der Waals surface area contributed by atoms with E-state index in [0.29, 0.717) is 11.4 Å². The molecule has 0 saturated heterocycles. The lowest BCUT2D eigenvalue weighted by atomic mass is 10.3. The fraction of sp³-hybridized carbons (Fsp3) is 0.0909. The molecule has 0 aliphatic heterocycles. The number of fused-ring (bicyclic) bond motifs is 1. The highest BCUT2D eigenvalue weighted by Gasteiger charge is 2.09. The van der Waals surface area contributed by atoms with Crippen LogP contribution < -0.4 is 14.8 Å². The third-order valence-corrected chi connectivity index (χ3v) is 4.32. The second-order valence-corrected chi connectivity index (χ2v) is 6.61. The van der Waals surface area contributed by atoms with Gasteiger partial charge in [-0.05, 0) is 30.3 Å². The molecule has 2 heterocycles. The van der Waals surface area contributed by atoms with Gasteiger partial charge in [-0.1, -0.05) is 18.2 Å². The Morgan fingerprint density at radius 1 is 1.03 bits per heavy atom. The quantitative estimate of drug-likeness (QED) is 0.344. The average Bonchev–Trinajstić information content (AvgIpc) is 3.20.